The Hall–Kier alpha value is -3.78. The van der Waals surface area contributed by atoms with Crippen molar-refractivity contribution >= 4 is 39.1 Å². The van der Waals surface area contributed by atoms with Crippen molar-refractivity contribution in [2.45, 2.75) is 18.4 Å². The van der Waals surface area contributed by atoms with Crippen LogP contribution in [0.25, 0.3) is 0 Å². The second-order valence-corrected chi connectivity index (χ2v) is 9.55. The van der Waals surface area contributed by atoms with Gasteiger partial charge in [-0.2, -0.15) is 0 Å². The highest BCUT2D eigenvalue weighted by Crippen LogP contribution is 2.50. The van der Waals surface area contributed by atoms with Gasteiger partial charge in [0.05, 0.1) is 16.5 Å². The van der Waals surface area contributed by atoms with Gasteiger partial charge in [-0.3, -0.25) is 14.9 Å². The lowest BCUT2D eigenvalue weighted by Gasteiger charge is -2.37. The molecule has 1 heterocycles. The molecule has 0 aromatic heterocycles. The number of ketones is 1. The number of esters is 1. The lowest BCUT2D eigenvalue weighted by molar-refractivity contribution is -0.384. The first-order valence-corrected chi connectivity index (χ1v) is 12.0. The number of nitro benzene ring substituents is 1. The Morgan fingerprint density at radius 3 is 2.46 bits per heavy atom. The molecule has 0 spiro atoms. The van der Waals surface area contributed by atoms with Crippen LogP contribution in [-0.4, -0.2) is 23.3 Å². The van der Waals surface area contributed by atoms with Crippen molar-refractivity contribution in [1.29, 1.82) is 0 Å². The molecule has 176 valence electrons. The van der Waals surface area contributed by atoms with E-state index in [0.29, 0.717) is 11.1 Å². The minimum atomic E-state index is -0.547. The third-order valence-corrected chi connectivity index (χ3v) is 7.09. The lowest BCUT2D eigenvalue weighted by atomic mass is 9.76. The van der Waals surface area contributed by atoms with Gasteiger partial charge < -0.3 is 10.1 Å². The van der Waals surface area contributed by atoms with Gasteiger partial charge in [-0.25, -0.2) is 4.79 Å². The second-order valence-electron chi connectivity index (χ2n) is 8.63. The van der Waals surface area contributed by atoms with E-state index in [4.69, 9.17) is 4.74 Å². The number of carbonyl (C=O) groups excluding carboxylic acids is 2. The number of allylic oxidation sites excluding steroid dienone is 2. The van der Waals surface area contributed by atoms with E-state index in [1.54, 1.807) is 42.5 Å². The molecule has 0 fully saturated rings. The molecule has 0 saturated carbocycles. The summed E-state index contributed by atoms with van der Waals surface area (Å²) in [6.07, 6.45) is 5.14. The van der Waals surface area contributed by atoms with E-state index in [1.165, 1.54) is 12.1 Å². The normalized spacial score (nSPS) is 19.9. The molecule has 3 atom stereocenters. The SMILES string of the molecule is O=C(COC(=O)c1ccc2c(c1)C1C=CCC1C(c1ccc([N+](=O)[O-])cc1)N2)c1ccc(Br)cc1. The molecule has 8 heteroatoms. The van der Waals surface area contributed by atoms with Crippen LogP contribution in [0.5, 0.6) is 0 Å². The standard InChI is InChI=1S/C27H21BrN2O5/c28-19-9-4-16(5-10-19)25(31)15-35-27(32)18-8-13-24-23(14-18)21-2-1-3-22(21)26(29-24)17-6-11-20(12-7-17)30(33)34/h1-2,4-14,21-22,26,29H,3,15H2. The summed E-state index contributed by atoms with van der Waals surface area (Å²) >= 11 is 3.33. The maximum absolute atomic E-state index is 12.7. The molecule has 3 aromatic carbocycles. The summed E-state index contributed by atoms with van der Waals surface area (Å²) in [5.41, 5.74) is 3.82. The fourth-order valence-corrected chi connectivity index (χ4v) is 5.05. The summed E-state index contributed by atoms with van der Waals surface area (Å²) in [6, 6.07) is 18.9. The van der Waals surface area contributed by atoms with E-state index in [1.807, 2.05) is 12.1 Å². The molecule has 1 aliphatic heterocycles. The molecule has 1 N–H and O–H groups in total. The highest BCUT2D eigenvalue weighted by molar-refractivity contribution is 9.10. The number of hydrogen-bond donors (Lipinski definition) is 1. The Morgan fingerprint density at radius 2 is 1.74 bits per heavy atom. The smallest absolute Gasteiger partial charge is 0.338 e. The van der Waals surface area contributed by atoms with Crippen LogP contribution in [0, 0.1) is 16.0 Å². The number of anilines is 1. The van der Waals surface area contributed by atoms with E-state index < -0.39 is 10.9 Å². The van der Waals surface area contributed by atoms with Crippen molar-refractivity contribution in [2.75, 3.05) is 11.9 Å². The van der Waals surface area contributed by atoms with E-state index in [9.17, 15) is 19.7 Å². The Labute approximate surface area is 210 Å². The van der Waals surface area contributed by atoms with Crippen LogP contribution in [0.15, 0.2) is 83.4 Å². The maximum atomic E-state index is 12.7. The van der Waals surface area contributed by atoms with Gasteiger partial charge in [0.2, 0.25) is 0 Å². The number of rotatable bonds is 6. The van der Waals surface area contributed by atoms with Crippen LogP contribution >= 0.6 is 15.9 Å². The first-order valence-electron chi connectivity index (χ1n) is 11.2. The Kier molecular flexibility index (Phi) is 6.21. The maximum Gasteiger partial charge on any atom is 0.338 e. The van der Waals surface area contributed by atoms with Gasteiger partial charge in [0.1, 0.15) is 0 Å². The predicted octanol–water partition coefficient (Wildman–Crippen LogP) is 6.22. The molecule has 0 amide bonds. The van der Waals surface area contributed by atoms with Crippen molar-refractivity contribution in [3.8, 4) is 0 Å². The monoisotopic (exact) mass is 532 g/mol. The average Bonchev–Trinajstić information content (AvgIpc) is 3.37. The molecule has 1 aliphatic carbocycles. The van der Waals surface area contributed by atoms with Crippen molar-refractivity contribution < 1.29 is 19.2 Å². The Morgan fingerprint density at radius 1 is 1.03 bits per heavy atom. The highest BCUT2D eigenvalue weighted by atomic mass is 79.9. The highest BCUT2D eigenvalue weighted by Gasteiger charge is 2.38. The molecule has 3 aromatic rings. The molecule has 35 heavy (non-hydrogen) atoms. The summed E-state index contributed by atoms with van der Waals surface area (Å²) in [5.74, 6) is -0.498. The number of benzene rings is 3. The second kappa shape index (κ2) is 9.46. The zero-order valence-corrected chi connectivity index (χ0v) is 20.1. The number of nitrogens with one attached hydrogen (secondary N) is 1. The van der Waals surface area contributed by atoms with Gasteiger partial charge in [0, 0.05) is 33.8 Å². The average molecular weight is 533 g/mol. The molecule has 0 bridgehead atoms. The van der Waals surface area contributed by atoms with Gasteiger partial charge in [0.25, 0.3) is 5.69 Å². The van der Waals surface area contributed by atoms with Crippen molar-refractivity contribution in [3.05, 3.63) is 116 Å². The fraction of sp³-hybridized carbons (Fsp3) is 0.185. The predicted molar refractivity (Wildman–Crippen MR) is 135 cm³/mol. The van der Waals surface area contributed by atoms with Crippen molar-refractivity contribution in [1.82, 2.24) is 0 Å². The van der Waals surface area contributed by atoms with Crippen LogP contribution < -0.4 is 5.32 Å². The Balaban J connectivity index is 1.33. The van der Waals surface area contributed by atoms with Gasteiger partial charge in [0.15, 0.2) is 12.4 Å². The first kappa shape index (κ1) is 23.0. The molecule has 7 nitrogen and oxygen atoms in total. The van der Waals surface area contributed by atoms with E-state index >= 15 is 0 Å². The molecule has 0 saturated heterocycles. The minimum absolute atomic E-state index is 0.00960. The van der Waals surface area contributed by atoms with Crippen LogP contribution in [0.2, 0.25) is 0 Å². The summed E-state index contributed by atoms with van der Waals surface area (Å²) in [4.78, 5) is 35.7. The molecule has 5 rings (SSSR count). The zero-order chi connectivity index (χ0) is 24.5. The quantitative estimate of drug-likeness (QED) is 0.133. The number of nitrogens with zero attached hydrogens (tertiary/aromatic N) is 1. The molecule has 3 unspecified atom stereocenters. The summed E-state index contributed by atoms with van der Waals surface area (Å²) < 4.78 is 6.17. The van der Waals surface area contributed by atoms with Gasteiger partial charge in [-0.15, -0.1) is 0 Å². The summed E-state index contributed by atoms with van der Waals surface area (Å²) in [5, 5.41) is 14.6. The third-order valence-electron chi connectivity index (χ3n) is 6.56. The van der Waals surface area contributed by atoms with E-state index in [2.05, 4.69) is 33.4 Å². The molecule has 2 aliphatic rings. The van der Waals surface area contributed by atoms with Gasteiger partial charge in [-0.1, -0.05) is 52.3 Å². The Bertz CT molecular complexity index is 1330. The van der Waals surface area contributed by atoms with Crippen molar-refractivity contribution in [3.63, 3.8) is 0 Å². The van der Waals surface area contributed by atoms with Crippen LogP contribution in [0.3, 0.4) is 0 Å². The molecule has 0 radical (unpaired) electrons. The lowest BCUT2D eigenvalue weighted by Crippen LogP contribution is -2.29. The van der Waals surface area contributed by atoms with E-state index in [0.717, 1.165) is 27.7 Å². The minimum Gasteiger partial charge on any atom is -0.454 e. The van der Waals surface area contributed by atoms with Crippen LogP contribution in [0.4, 0.5) is 11.4 Å². The van der Waals surface area contributed by atoms with Crippen LogP contribution in [-0.2, 0) is 4.74 Å². The van der Waals surface area contributed by atoms with Crippen molar-refractivity contribution in [2.24, 2.45) is 5.92 Å². The first-order chi connectivity index (χ1) is 16.9. The van der Waals surface area contributed by atoms with Gasteiger partial charge >= 0.3 is 5.97 Å². The number of carbonyl (C=O) groups is 2. The fourth-order valence-electron chi connectivity index (χ4n) is 4.79. The third kappa shape index (κ3) is 4.61. The largest absolute Gasteiger partial charge is 0.454 e. The van der Waals surface area contributed by atoms with E-state index in [-0.39, 0.29) is 36.0 Å². The number of Topliss-reactive ketones (excluding diaryl/α,β-unsaturated/α-hetero) is 1. The molecular formula is C27H21BrN2O5. The van der Waals surface area contributed by atoms with Gasteiger partial charge in [-0.05, 0) is 53.8 Å². The summed E-state index contributed by atoms with van der Waals surface area (Å²) in [6.45, 7) is -0.329. The number of ether oxygens (including phenoxy) is 1. The van der Waals surface area contributed by atoms with Crippen LogP contribution in [0.1, 0.15) is 50.2 Å². The number of fused-ring (bicyclic) bond motifs is 3. The zero-order valence-electron chi connectivity index (χ0n) is 18.5. The number of halogens is 1. The number of non-ortho nitro benzene ring substituents is 1. The molecular weight excluding hydrogens is 512 g/mol. The summed E-state index contributed by atoms with van der Waals surface area (Å²) in [7, 11) is 0. The number of hydrogen-bond acceptors (Lipinski definition) is 6. The topological polar surface area (TPSA) is 98.5 Å². The number of nitro groups is 1.